The number of carbonyl (C=O) groups is 1. The Labute approximate surface area is 176 Å². The zero-order valence-electron chi connectivity index (χ0n) is 18.6. The number of nitrogens with one attached hydrogen (secondary N) is 1. The Morgan fingerprint density at radius 2 is 1.90 bits per heavy atom. The van der Waals surface area contributed by atoms with E-state index in [1.54, 1.807) is 0 Å². The molecule has 4 aliphatic rings. The second-order valence-corrected chi connectivity index (χ2v) is 12.6. The first-order valence-corrected chi connectivity index (χ1v) is 12.6. The van der Waals surface area contributed by atoms with Gasteiger partial charge < -0.3 is 5.32 Å². The molecule has 2 saturated carbocycles. The molecule has 0 radical (unpaired) electrons. The molecule has 160 valence electrons. The predicted molar refractivity (Wildman–Crippen MR) is 116 cm³/mol. The maximum Gasteiger partial charge on any atom is 0.541 e. The second-order valence-electron chi connectivity index (χ2n) is 11.5. The fourth-order valence-electron chi connectivity index (χ4n) is 7.35. The van der Waals surface area contributed by atoms with Crippen LogP contribution in [-0.2, 0) is 9.36 Å². The summed E-state index contributed by atoms with van der Waals surface area (Å²) >= 11 is 0. The average Bonchev–Trinajstić information content (AvgIpc) is 2.96. The van der Waals surface area contributed by atoms with Gasteiger partial charge in [-0.25, -0.2) is 0 Å². The Morgan fingerprint density at radius 3 is 2.55 bits per heavy atom. The molecule has 4 nitrogen and oxygen atoms in total. The highest BCUT2D eigenvalue weighted by molar-refractivity contribution is 7.43. The van der Waals surface area contributed by atoms with Gasteiger partial charge in [0, 0.05) is 17.9 Å². The van der Waals surface area contributed by atoms with Crippen molar-refractivity contribution in [2.45, 2.75) is 85.1 Å². The van der Waals surface area contributed by atoms with E-state index in [2.05, 4.69) is 46.0 Å². The standard InChI is InChI=1S/C24H36NO3P/c1-22(2,3)25-21(26)20-9-8-18-17-7-6-15-14-16(29(27)28)10-12-23(15,4)19(17)11-13-24(18,20)5/h6,14,17-20H,7-13H2,1-5H3,(H-,25,26,27,28)/p+1/t17?,18?,19?,20-,23+,24+/m1/s1. The van der Waals surface area contributed by atoms with Gasteiger partial charge in [0.05, 0.1) is 0 Å². The van der Waals surface area contributed by atoms with Crippen molar-refractivity contribution in [2.75, 3.05) is 0 Å². The number of carbonyl (C=O) groups excluding carboxylic acids is 1. The molecule has 29 heavy (non-hydrogen) atoms. The molecule has 0 aromatic rings. The van der Waals surface area contributed by atoms with E-state index in [1.165, 1.54) is 12.0 Å². The third-order valence-corrected chi connectivity index (χ3v) is 9.65. The summed E-state index contributed by atoms with van der Waals surface area (Å²) in [4.78, 5) is 22.7. The lowest BCUT2D eigenvalue weighted by molar-refractivity contribution is -0.133. The molecule has 0 aromatic heterocycles. The third-order valence-electron chi connectivity index (χ3n) is 8.81. The molecule has 1 amide bonds. The molecule has 0 aromatic carbocycles. The Morgan fingerprint density at radius 1 is 1.17 bits per heavy atom. The van der Waals surface area contributed by atoms with Gasteiger partial charge in [0.15, 0.2) is 0 Å². The number of fused-ring (bicyclic) bond motifs is 5. The van der Waals surface area contributed by atoms with Gasteiger partial charge in [-0.1, -0.05) is 19.9 Å². The largest absolute Gasteiger partial charge is 0.541 e. The SMILES string of the molecule is CC(C)(C)NC(=O)[C@H]1CCC2C3CC=C4C=C([P+](=O)O)CC[C@]4(C)C3CC[C@@]21C. The predicted octanol–water partition coefficient (Wildman–Crippen LogP) is 5.71. The monoisotopic (exact) mass is 418 g/mol. The average molecular weight is 419 g/mol. The highest BCUT2D eigenvalue weighted by atomic mass is 31.1. The van der Waals surface area contributed by atoms with E-state index < -0.39 is 8.03 Å². The molecule has 4 unspecified atom stereocenters. The lowest BCUT2D eigenvalue weighted by Gasteiger charge is -2.56. The first-order valence-electron chi connectivity index (χ1n) is 11.3. The summed E-state index contributed by atoms with van der Waals surface area (Å²) < 4.78 is 11.6. The molecule has 2 N–H and O–H groups in total. The van der Waals surface area contributed by atoms with Crippen molar-refractivity contribution in [3.05, 3.63) is 23.0 Å². The minimum atomic E-state index is -2.21. The number of allylic oxidation sites excluding steroid dienone is 4. The fourth-order valence-corrected chi connectivity index (χ4v) is 7.90. The van der Waals surface area contributed by atoms with Gasteiger partial charge in [0.2, 0.25) is 11.2 Å². The van der Waals surface area contributed by atoms with Crippen molar-refractivity contribution < 1.29 is 14.3 Å². The van der Waals surface area contributed by atoms with E-state index in [9.17, 15) is 14.3 Å². The molecular weight excluding hydrogens is 381 g/mol. The van der Waals surface area contributed by atoms with Crippen molar-refractivity contribution in [3.8, 4) is 0 Å². The van der Waals surface area contributed by atoms with E-state index in [1.807, 2.05) is 6.08 Å². The van der Waals surface area contributed by atoms with Crippen LogP contribution in [0, 0.1) is 34.5 Å². The topological polar surface area (TPSA) is 66.4 Å². The summed E-state index contributed by atoms with van der Waals surface area (Å²) in [5.41, 5.74) is 1.33. The number of hydrogen-bond donors (Lipinski definition) is 2. The number of amides is 1. The van der Waals surface area contributed by atoms with Crippen molar-refractivity contribution in [3.63, 3.8) is 0 Å². The molecule has 2 fully saturated rings. The van der Waals surface area contributed by atoms with Gasteiger partial charge in [-0.3, -0.25) is 4.79 Å². The van der Waals surface area contributed by atoms with Gasteiger partial charge in [-0.2, -0.15) is 4.89 Å². The maximum atomic E-state index is 13.1. The van der Waals surface area contributed by atoms with Crippen LogP contribution < -0.4 is 5.32 Å². The lowest BCUT2D eigenvalue weighted by Crippen LogP contribution is -2.52. The molecule has 0 spiro atoms. The van der Waals surface area contributed by atoms with Crippen molar-refractivity contribution in [1.29, 1.82) is 0 Å². The summed E-state index contributed by atoms with van der Waals surface area (Å²) in [7, 11) is -2.21. The van der Waals surface area contributed by atoms with Gasteiger partial charge in [-0.05, 0) is 104 Å². The summed E-state index contributed by atoms with van der Waals surface area (Å²) in [6.07, 6.45) is 11.6. The van der Waals surface area contributed by atoms with Crippen molar-refractivity contribution >= 4 is 13.9 Å². The Hall–Kier alpha value is -0.990. The summed E-state index contributed by atoms with van der Waals surface area (Å²) in [5, 5.41) is 3.96. The smallest absolute Gasteiger partial charge is 0.351 e. The molecule has 0 aliphatic heterocycles. The summed E-state index contributed by atoms with van der Waals surface area (Å²) in [6.45, 7) is 11.0. The lowest BCUT2D eigenvalue weighted by atomic mass is 9.48. The van der Waals surface area contributed by atoms with Crippen LogP contribution in [0.25, 0.3) is 0 Å². The Bertz CT molecular complexity index is 794. The van der Waals surface area contributed by atoms with E-state index in [4.69, 9.17) is 0 Å². The quantitative estimate of drug-likeness (QED) is 0.565. The van der Waals surface area contributed by atoms with Gasteiger partial charge >= 0.3 is 8.03 Å². The van der Waals surface area contributed by atoms with E-state index in [0.717, 1.165) is 38.5 Å². The van der Waals surface area contributed by atoms with Gasteiger partial charge in [-0.15, -0.1) is 0 Å². The number of hydrogen-bond acceptors (Lipinski definition) is 2. The molecule has 4 aliphatic carbocycles. The van der Waals surface area contributed by atoms with Crippen LogP contribution in [0.5, 0.6) is 0 Å². The molecule has 5 heteroatoms. The van der Waals surface area contributed by atoms with Crippen LogP contribution in [0.1, 0.15) is 79.6 Å². The zero-order chi connectivity index (χ0) is 21.2. The highest BCUT2D eigenvalue weighted by Gasteiger charge is 2.60. The van der Waals surface area contributed by atoms with Gasteiger partial charge in [0.1, 0.15) is 0 Å². The van der Waals surface area contributed by atoms with E-state index in [-0.39, 0.29) is 28.2 Å². The molecule has 7 atom stereocenters. The van der Waals surface area contributed by atoms with Crippen molar-refractivity contribution in [1.82, 2.24) is 5.32 Å². The van der Waals surface area contributed by atoms with Crippen LogP contribution in [0.4, 0.5) is 0 Å². The van der Waals surface area contributed by atoms with Crippen LogP contribution in [-0.4, -0.2) is 16.3 Å². The Balaban J connectivity index is 1.60. The molecular formula is C24H37NO3P+. The first-order chi connectivity index (χ1) is 13.5. The van der Waals surface area contributed by atoms with Crippen LogP contribution in [0.2, 0.25) is 0 Å². The number of rotatable bonds is 2. The maximum absolute atomic E-state index is 13.1. The fraction of sp³-hybridized carbons (Fsp3) is 0.792. The zero-order valence-corrected chi connectivity index (χ0v) is 19.5. The molecule has 4 rings (SSSR count). The Kier molecular flexibility index (Phi) is 5.15. The van der Waals surface area contributed by atoms with E-state index in [0.29, 0.717) is 23.1 Å². The van der Waals surface area contributed by atoms with Crippen LogP contribution in [0.15, 0.2) is 23.0 Å². The molecule has 0 saturated heterocycles. The highest BCUT2D eigenvalue weighted by Crippen LogP contribution is 2.66. The minimum absolute atomic E-state index is 0.0995. The first kappa shape index (κ1) is 21.2. The molecule has 0 bridgehead atoms. The normalized spacial score (nSPS) is 42.1. The van der Waals surface area contributed by atoms with Crippen LogP contribution in [0.3, 0.4) is 0 Å². The second kappa shape index (κ2) is 7.02. The minimum Gasteiger partial charge on any atom is -0.351 e. The van der Waals surface area contributed by atoms with Crippen LogP contribution >= 0.6 is 8.03 Å². The van der Waals surface area contributed by atoms with Gasteiger partial charge in [0.25, 0.3) is 0 Å². The molecule has 0 heterocycles. The van der Waals surface area contributed by atoms with Crippen molar-refractivity contribution in [2.24, 2.45) is 34.5 Å². The summed E-state index contributed by atoms with van der Waals surface area (Å²) in [6, 6.07) is 0. The van der Waals surface area contributed by atoms with E-state index >= 15 is 0 Å². The summed E-state index contributed by atoms with van der Waals surface area (Å²) in [5.74, 6) is 2.23. The third kappa shape index (κ3) is 3.45.